The number of para-hydroxylation sites is 1. The van der Waals surface area contributed by atoms with E-state index >= 15 is 0 Å². The van der Waals surface area contributed by atoms with Crippen LogP contribution in [0.15, 0.2) is 157 Å². The molecule has 0 radical (unpaired) electrons. The molecule has 0 saturated heterocycles. The predicted octanol–water partition coefficient (Wildman–Crippen LogP) is 12.0. The second-order valence-electron chi connectivity index (χ2n) is 13.6. The predicted molar refractivity (Wildman–Crippen MR) is 211 cm³/mol. The van der Waals surface area contributed by atoms with Gasteiger partial charge in [0.1, 0.15) is 0 Å². The number of hydrogen-bond donors (Lipinski definition) is 1. The number of fused-ring (bicyclic) bond motifs is 5. The first-order valence-corrected chi connectivity index (χ1v) is 18.0. The van der Waals surface area contributed by atoms with Gasteiger partial charge in [-0.05, 0) is 109 Å². The van der Waals surface area contributed by atoms with Crippen molar-refractivity contribution < 1.29 is 0 Å². The van der Waals surface area contributed by atoms with Crippen LogP contribution in [-0.4, -0.2) is 9.97 Å². The summed E-state index contributed by atoms with van der Waals surface area (Å²) in [6.07, 6.45) is 3.83. The van der Waals surface area contributed by atoms with Gasteiger partial charge < -0.3 is 5.73 Å². The average molecular weight is 662 g/mol. The van der Waals surface area contributed by atoms with Crippen LogP contribution in [0.5, 0.6) is 0 Å². The lowest BCUT2D eigenvalue weighted by Gasteiger charge is -2.24. The van der Waals surface area contributed by atoms with Crippen LogP contribution in [0.4, 0.5) is 5.69 Å². The van der Waals surface area contributed by atoms with E-state index in [2.05, 4.69) is 122 Å². The summed E-state index contributed by atoms with van der Waals surface area (Å²) in [7, 11) is 0. The molecule has 3 nitrogen and oxygen atoms in total. The number of rotatable bonds is 6. The lowest BCUT2D eigenvalue weighted by molar-refractivity contribution is 0.661. The zero-order valence-corrected chi connectivity index (χ0v) is 28.8. The maximum absolute atomic E-state index is 6.24. The van der Waals surface area contributed by atoms with Crippen molar-refractivity contribution in [2.75, 3.05) is 5.73 Å². The van der Waals surface area contributed by atoms with Gasteiger partial charge in [-0.15, -0.1) is 11.8 Å². The Kier molecular flexibility index (Phi) is 7.29. The van der Waals surface area contributed by atoms with Crippen LogP contribution in [0.2, 0.25) is 0 Å². The van der Waals surface area contributed by atoms with Crippen LogP contribution < -0.4 is 5.73 Å². The molecular formula is C46H35N3S. The van der Waals surface area contributed by atoms with Crippen LogP contribution in [0, 0.1) is 0 Å². The highest BCUT2D eigenvalue weighted by Crippen LogP contribution is 2.53. The number of pyridine rings is 2. The van der Waals surface area contributed by atoms with Gasteiger partial charge in [-0.1, -0.05) is 111 Å². The van der Waals surface area contributed by atoms with Gasteiger partial charge in [0, 0.05) is 39.7 Å². The lowest BCUT2D eigenvalue weighted by atomic mass is 9.79. The smallest absolute Gasteiger partial charge is 0.0886 e. The minimum Gasteiger partial charge on any atom is -0.398 e. The Bertz CT molecular complexity index is 2550. The van der Waals surface area contributed by atoms with Crippen molar-refractivity contribution in [3.05, 3.63) is 169 Å². The molecule has 0 atom stereocenters. The Balaban J connectivity index is 1.26. The third-order valence-corrected chi connectivity index (χ3v) is 11.4. The zero-order valence-electron chi connectivity index (χ0n) is 28.0. The maximum Gasteiger partial charge on any atom is 0.0886 e. The Morgan fingerprint density at radius 2 is 1.22 bits per heavy atom. The molecular weight excluding hydrogens is 627 g/mol. The summed E-state index contributed by atoms with van der Waals surface area (Å²) in [4.78, 5) is 10.6. The van der Waals surface area contributed by atoms with E-state index < -0.39 is 0 Å². The van der Waals surface area contributed by atoms with Crippen LogP contribution in [-0.2, 0) is 11.2 Å². The number of hydrogen-bond acceptors (Lipinski definition) is 4. The third kappa shape index (κ3) is 4.98. The third-order valence-electron chi connectivity index (χ3n) is 10.3. The Hall–Kier alpha value is -5.71. The van der Waals surface area contributed by atoms with Gasteiger partial charge >= 0.3 is 0 Å². The van der Waals surface area contributed by atoms with Gasteiger partial charge in [-0.25, -0.2) is 0 Å². The van der Waals surface area contributed by atoms with Crippen molar-refractivity contribution in [1.29, 1.82) is 0 Å². The van der Waals surface area contributed by atoms with E-state index in [1.807, 2.05) is 48.8 Å². The fourth-order valence-corrected chi connectivity index (χ4v) is 8.67. The van der Waals surface area contributed by atoms with E-state index in [0.29, 0.717) is 0 Å². The monoisotopic (exact) mass is 661 g/mol. The van der Waals surface area contributed by atoms with E-state index in [9.17, 15) is 0 Å². The first kappa shape index (κ1) is 30.4. The lowest BCUT2D eigenvalue weighted by Crippen LogP contribution is -2.14. The van der Waals surface area contributed by atoms with Crippen LogP contribution in [0.1, 0.15) is 30.5 Å². The molecule has 4 heteroatoms. The maximum atomic E-state index is 6.24. The van der Waals surface area contributed by atoms with E-state index in [-0.39, 0.29) is 5.41 Å². The molecule has 1 aliphatic carbocycles. The molecule has 6 aromatic carbocycles. The summed E-state index contributed by atoms with van der Waals surface area (Å²) in [6.45, 7) is 4.71. The van der Waals surface area contributed by atoms with Crippen LogP contribution >= 0.6 is 11.8 Å². The molecule has 0 aliphatic heterocycles. The SMILES string of the molecule is CC1(C)c2ccccc2-c2cc3c(-c4ccc(CSc5ccccc5N)cc4)c4ccccc4c(-c4ccc(-c5ccccn5)nc4)c3cc21. The molecule has 50 heavy (non-hydrogen) atoms. The quantitative estimate of drug-likeness (QED) is 0.109. The van der Waals surface area contributed by atoms with Gasteiger partial charge in [0.2, 0.25) is 0 Å². The molecule has 2 N–H and O–H groups in total. The normalized spacial score (nSPS) is 13.0. The first-order valence-electron chi connectivity index (χ1n) is 17.0. The summed E-state index contributed by atoms with van der Waals surface area (Å²) < 4.78 is 0. The molecule has 8 aromatic rings. The van der Waals surface area contributed by atoms with Gasteiger partial charge in [0.25, 0.3) is 0 Å². The largest absolute Gasteiger partial charge is 0.398 e. The van der Waals surface area contributed by atoms with Crippen LogP contribution in [0.3, 0.4) is 0 Å². The number of benzene rings is 6. The van der Waals surface area contributed by atoms with Gasteiger partial charge in [0.05, 0.1) is 11.4 Å². The summed E-state index contributed by atoms with van der Waals surface area (Å²) in [6, 6.07) is 50.1. The number of nitrogens with two attached hydrogens (primary N) is 1. The highest BCUT2D eigenvalue weighted by atomic mass is 32.2. The summed E-state index contributed by atoms with van der Waals surface area (Å²) >= 11 is 1.78. The van der Waals surface area contributed by atoms with Crippen molar-refractivity contribution in [2.24, 2.45) is 0 Å². The minimum absolute atomic E-state index is 0.119. The number of nitrogen functional groups attached to an aromatic ring is 1. The van der Waals surface area contributed by atoms with Gasteiger partial charge in [0.15, 0.2) is 0 Å². The van der Waals surface area contributed by atoms with E-state index in [0.717, 1.165) is 33.3 Å². The van der Waals surface area contributed by atoms with Crippen molar-refractivity contribution in [1.82, 2.24) is 9.97 Å². The second kappa shape index (κ2) is 12.0. The molecule has 2 heterocycles. The highest BCUT2D eigenvalue weighted by molar-refractivity contribution is 7.98. The molecule has 0 amide bonds. The molecule has 9 rings (SSSR count). The van der Waals surface area contributed by atoms with Crippen molar-refractivity contribution in [3.8, 4) is 44.8 Å². The zero-order chi connectivity index (χ0) is 33.8. The standard InChI is InChI=1S/C46H35N3S/c1-46(2)38-14-6-5-11-32(38)35-25-36-37(26-39(35)46)45(31-22-23-42(49-27-31)41-16-9-10-24-48-41)34-13-4-3-12-33(34)44(36)30-20-18-29(19-21-30)28-50-43-17-8-7-15-40(43)47/h3-27H,28,47H2,1-2H3. The average Bonchev–Trinajstić information content (AvgIpc) is 3.38. The van der Waals surface area contributed by atoms with Crippen molar-refractivity contribution in [2.45, 2.75) is 29.9 Å². The summed E-state index contributed by atoms with van der Waals surface area (Å²) in [5, 5.41) is 4.94. The van der Waals surface area contributed by atoms with Crippen molar-refractivity contribution >= 4 is 39.0 Å². The molecule has 0 fully saturated rings. The number of anilines is 1. The number of nitrogens with zero attached hydrogens (tertiary/aromatic N) is 2. The Labute approximate surface area is 296 Å². The number of thioether (sulfide) groups is 1. The Morgan fingerprint density at radius 3 is 1.96 bits per heavy atom. The van der Waals surface area contributed by atoms with E-state index in [1.165, 1.54) is 66.1 Å². The summed E-state index contributed by atoms with van der Waals surface area (Å²) in [5.41, 5.74) is 20.1. The topological polar surface area (TPSA) is 51.8 Å². The summed E-state index contributed by atoms with van der Waals surface area (Å²) in [5.74, 6) is 0.857. The fourth-order valence-electron chi connectivity index (χ4n) is 7.74. The first-order chi connectivity index (χ1) is 24.5. The van der Waals surface area contributed by atoms with E-state index in [1.54, 1.807) is 11.8 Å². The number of aromatic nitrogens is 2. The highest BCUT2D eigenvalue weighted by Gasteiger charge is 2.36. The molecule has 1 aliphatic rings. The molecule has 0 bridgehead atoms. The van der Waals surface area contributed by atoms with Gasteiger partial charge in [-0.2, -0.15) is 0 Å². The molecule has 240 valence electrons. The molecule has 0 unspecified atom stereocenters. The fraction of sp³-hybridized carbons (Fsp3) is 0.0870. The minimum atomic E-state index is -0.119. The molecule has 0 spiro atoms. The van der Waals surface area contributed by atoms with Crippen molar-refractivity contribution in [3.63, 3.8) is 0 Å². The van der Waals surface area contributed by atoms with E-state index in [4.69, 9.17) is 10.7 Å². The second-order valence-corrected chi connectivity index (χ2v) is 14.6. The van der Waals surface area contributed by atoms with Gasteiger partial charge in [-0.3, -0.25) is 9.97 Å². The molecule has 2 aromatic heterocycles. The Morgan fingerprint density at radius 1 is 0.560 bits per heavy atom. The van der Waals surface area contributed by atoms with Crippen LogP contribution in [0.25, 0.3) is 66.3 Å². The molecule has 0 saturated carbocycles.